The van der Waals surface area contributed by atoms with E-state index in [9.17, 15) is 0 Å². The Morgan fingerprint density at radius 3 is 1.35 bits per heavy atom. The molecule has 0 unspecified atom stereocenters. The minimum absolute atomic E-state index is 0. The molecule has 0 aliphatic heterocycles. The van der Waals surface area contributed by atoms with Gasteiger partial charge in [0.05, 0.1) is 0 Å². The zero-order valence-corrected chi connectivity index (χ0v) is 13.6. The van der Waals surface area contributed by atoms with Crippen LogP contribution in [0.3, 0.4) is 0 Å². The van der Waals surface area contributed by atoms with Crippen LogP contribution in [0.15, 0.2) is 54.6 Å². The Balaban J connectivity index is 0. The summed E-state index contributed by atoms with van der Waals surface area (Å²) in [6.07, 6.45) is 0. The average molecular weight is 363 g/mol. The van der Waals surface area contributed by atoms with E-state index in [1.54, 1.807) is 0 Å². The molecule has 3 aromatic carbocycles. The second-order valence-corrected chi connectivity index (χ2v) is 3.32. The van der Waals surface area contributed by atoms with Gasteiger partial charge in [0.2, 0.25) is 0 Å². The number of fused-ring (bicyclic) bond motifs is 3. The van der Waals surface area contributed by atoms with Gasteiger partial charge in [0.25, 0.3) is 0 Å². The van der Waals surface area contributed by atoms with Crippen molar-refractivity contribution in [3.63, 3.8) is 0 Å². The molecule has 17 heavy (non-hydrogen) atoms. The van der Waals surface area contributed by atoms with Crippen LogP contribution in [0.2, 0.25) is 0 Å². The van der Waals surface area contributed by atoms with Crippen molar-refractivity contribution >= 4 is 21.5 Å². The van der Waals surface area contributed by atoms with Gasteiger partial charge in [0, 0.05) is 0 Å². The van der Waals surface area contributed by atoms with Crippen LogP contribution in [0.4, 0.5) is 0 Å². The summed E-state index contributed by atoms with van der Waals surface area (Å²) in [5.41, 5.74) is 0. The molecule has 4 heteroatoms. The zero-order valence-electron chi connectivity index (χ0n) is 8.83. The molecule has 0 fully saturated rings. The smallest absolute Gasteiger partial charge is 1.00 e. The molecule has 0 aliphatic rings. The summed E-state index contributed by atoms with van der Waals surface area (Å²) in [6, 6.07) is 19.3. The van der Waals surface area contributed by atoms with Gasteiger partial charge in [0.1, 0.15) is 0 Å². The van der Waals surface area contributed by atoms with E-state index in [-0.39, 0.29) is 63.4 Å². The normalized spacial score (nSPS) is 8.47. The van der Waals surface area contributed by atoms with Gasteiger partial charge >= 0.3 is 26.2 Å². The van der Waals surface area contributed by atoms with Crippen molar-refractivity contribution in [2.45, 2.75) is 0 Å². The minimum atomic E-state index is 0. The SMILES string of the molecule is [Cl-].[Cl-].[Cl-].[Zr+4].c1ccc2c(c1)[cH-]c1ccccc12. The minimum Gasteiger partial charge on any atom is -1.00 e. The summed E-state index contributed by atoms with van der Waals surface area (Å²) in [6.45, 7) is 0. The Morgan fingerprint density at radius 1 is 0.588 bits per heavy atom. The standard InChI is InChI=1S/C13H9.3ClH.Zr/c1-3-7-12-10(5-1)9-11-6-2-4-8-13(11)12;;;;/h1-9H;3*1H;/q-1;;;;+4/p-3. The molecule has 0 aliphatic carbocycles. The summed E-state index contributed by atoms with van der Waals surface area (Å²) >= 11 is 0. The number of halogens is 3. The summed E-state index contributed by atoms with van der Waals surface area (Å²) in [5, 5.41) is 5.39. The third kappa shape index (κ3) is 3.51. The second-order valence-electron chi connectivity index (χ2n) is 3.32. The maximum absolute atomic E-state index is 2.24. The van der Waals surface area contributed by atoms with Crippen LogP contribution in [0.25, 0.3) is 21.5 Å². The van der Waals surface area contributed by atoms with E-state index >= 15 is 0 Å². The molecule has 0 aromatic heterocycles. The van der Waals surface area contributed by atoms with Gasteiger partial charge < -0.3 is 37.2 Å². The van der Waals surface area contributed by atoms with Crippen LogP contribution in [0, 0.1) is 0 Å². The molecule has 0 nitrogen and oxygen atoms in total. The van der Waals surface area contributed by atoms with Crippen molar-refractivity contribution in [1.82, 2.24) is 0 Å². The van der Waals surface area contributed by atoms with E-state index in [2.05, 4.69) is 54.6 Å². The van der Waals surface area contributed by atoms with Gasteiger partial charge in [-0.25, -0.2) is 0 Å². The number of benzene rings is 2. The summed E-state index contributed by atoms with van der Waals surface area (Å²) < 4.78 is 0. The van der Waals surface area contributed by atoms with E-state index in [4.69, 9.17) is 0 Å². The third-order valence-electron chi connectivity index (χ3n) is 2.52. The summed E-state index contributed by atoms with van der Waals surface area (Å²) in [4.78, 5) is 0. The van der Waals surface area contributed by atoms with Crippen LogP contribution in [-0.2, 0) is 26.2 Å². The van der Waals surface area contributed by atoms with E-state index in [0.717, 1.165) is 0 Å². The van der Waals surface area contributed by atoms with Crippen molar-refractivity contribution < 1.29 is 63.4 Å². The van der Waals surface area contributed by atoms with E-state index in [1.807, 2.05) is 0 Å². The predicted molar refractivity (Wildman–Crippen MR) is 57.0 cm³/mol. The van der Waals surface area contributed by atoms with Gasteiger partial charge in [-0.15, -0.1) is 39.7 Å². The Bertz CT molecular complexity index is 524. The first-order valence-electron chi connectivity index (χ1n) is 4.48. The average Bonchev–Trinajstić information content (AvgIpc) is 2.56. The Morgan fingerprint density at radius 2 is 0.941 bits per heavy atom. The van der Waals surface area contributed by atoms with Crippen molar-refractivity contribution in [3.05, 3.63) is 54.6 Å². The molecule has 0 atom stereocenters. The molecule has 0 saturated heterocycles. The van der Waals surface area contributed by atoms with Crippen LogP contribution < -0.4 is 37.2 Å². The Hall–Kier alpha value is 0.0631. The number of rotatable bonds is 0. The third-order valence-corrected chi connectivity index (χ3v) is 2.52. The summed E-state index contributed by atoms with van der Waals surface area (Å²) in [5.74, 6) is 0. The molecule has 0 radical (unpaired) electrons. The quantitative estimate of drug-likeness (QED) is 0.351. The molecule has 86 valence electrons. The summed E-state index contributed by atoms with van der Waals surface area (Å²) in [7, 11) is 0. The van der Waals surface area contributed by atoms with Gasteiger partial charge in [0.15, 0.2) is 0 Å². The fourth-order valence-corrected chi connectivity index (χ4v) is 1.90. The molecule has 0 heterocycles. The van der Waals surface area contributed by atoms with Gasteiger partial charge in [-0.2, -0.15) is 0 Å². The molecule has 0 spiro atoms. The largest absolute Gasteiger partial charge is 4.00 e. The molecule has 3 rings (SSSR count). The predicted octanol–water partition coefficient (Wildman–Crippen LogP) is -5.28. The van der Waals surface area contributed by atoms with Gasteiger partial charge in [-0.1, -0.05) is 36.4 Å². The van der Waals surface area contributed by atoms with Crippen LogP contribution in [-0.4, -0.2) is 0 Å². The zero-order chi connectivity index (χ0) is 8.67. The Labute approximate surface area is 138 Å². The van der Waals surface area contributed by atoms with Crippen molar-refractivity contribution in [2.75, 3.05) is 0 Å². The van der Waals surface area contributed by atoms with E-state index in [1.165, 1.54) is 21.5 Å². The van der Waals surface area contributed by atoms with Crippen LogP contribution in [0.1, 0.15) is 0 Å². The first-order valence-corrected chi connectivity index (χ1v) is 4.48. The molecular formula is C13H9Cl3Zr. The van der Waals surface area contributed by atoms with Crippen molar-refractivity contribution in [2.24, 2.45) is 0 Å². The number of hydrogen-bond acceptors (Lipinski definition) is 0. The van der Waals surface area contributed by atoms with Crippen molar-refractivity contribution in [1.29, 1.82) is 0 Å². The first-order chi connectivity index (χ1) is 6.45. The first kappa shape index (κ1) is 19.4. The molecule has 0 saturated carbocycles. The van der Waals surface area contributed by atoms with Crippen LogP contribution >= 0.6 is 0 Å². The second kappa shape index (κ2) is 8.22. The van der Waals surface area contributed by atoms with Gasteiger partial charge in [-0.3, -0.25) is 0 Å². The molecule has 0 N–H and O–H groups in total. The maximum Gasteiger partial charge on any atom is 4.00 e. The Kier molecular flexibility index (Phi) is 9.38. The fourth-order valence-electron chi connectivity index (χ4n) is 1.90. The number of hydrogen-bond donors (Lipinski definition) is 0. The molecule has 3 aromatic rings. The van der Waals surface area contributed by atoms with E-state index in [0.29, 0.717) is 0 Å². The molecule has 0 bridgehead atoms. The molecular weight excluding hydrogens is 354 g/mol. The van der Waals surface area contributed by atoms with Crippen LogP contribution in [0.5, 0.6) is 0 Å². The van der Waals surface area contributed by atoms with Crippen molar-refractivity contribution in [3.8, 4) is 0 Å². The topological polar surface area (TPSA) is 0 Å². The fraction of sp³-hybridized carbons (Fsp3) is 0. The molecule has 0 amide bonds. The maximum atomic E-state index is 2.24. The monoisotopic (exact) mass is 360 g/mol. The van der Waals surface area contributed by atoms with E-state index < -0.39 is 0 Å². The van der Waals surface area contributed by atoms with Gasteiger partial charge in [-0.05, 0) is 0 Å².